The normalized spacial score (nSPS) is 13.7. The second kappa shape index (κ2) is 6.40. The van der Waals surface area contributed by atoms with E-state index in [1.165, 1.54) is 13.8 Å². The van der Waals surface area contributed by atoms with Gasteiger partial charge in [-0.1, -0.05) is 6.92 Å². The molecule has 1 unspecified atom stereocenters. The summed E-state index contributed by atoms with van der Waals surface area (Å²) in [4.78, 5) is 21.5. The minimum absolute atomic E-state index is 0.356. The topological polar surface area (TPSA) is 69.4 Å². The first-order valence-electron chi connectivity index (χ1n) is 5.93. The Hall–Kier alpha value is -2.05. The fourth-order valence-electron chi connectivity index (χ4n) is 2.08. The van der Waals surface area contributed by atoms with Crippen LogP contribution in [0.15, 0.2) is 12.1 Å². The van der Waals surface area contributed by atoms with Gasteiger partial charge in [-0.3, -0.25) is 14.9 Å². The van der Waals surface area contributed by atoms with Gasteiger partial charge in [0.2, 0.25) is 6.54 Å². The van der Waals surface area contributed by atoms with Gasteiger partial charge in [0, 0.05) is 10.5 Å². The van der Waals surface area contributed by atoms with Crippen LogP contribution < -0.4 is 0 Å². The number of methoxy groups -OCH3 is 1. The van der Waals surface area contributed by atoms with Crippen LogP contribution >= 0.6 is 0 Å². The summed E-state index contributed by atoms with van der Waals surface area (Å²) < 4.78 is 32.3. The molecule has 0 aliphatic heterocycles. The molecule has 0 bridgehead atoms. The maximum absolute atomic E-state index is 13.9. The van der Waals surface area contributed by atoms with Crippen molar-refractivity contribution in [2.45, 2.75) is 19.8 Å². The van der Waals surface area contributed by atoms with Crippen molar-refractivity contribution in [3.05, 3.63) is 45.0 Å². The lowest BCUT2D eigenvalue weighted by molar-refractivity contribution is -0.484. The Labute approximate surface area is 114 Å². The van der Waals surface area contributed by atoms with Crippen LogP contribution in [0, 0.1) is 34.6 Å². The number of halogens is 2. The van der Waals surface area contributed by atoms with Gasteiger partial charge in [-0.25, -0.2) is 8.78 Å². The standard InChI is InChI=1S/C13H15F2NO4/c1-7-4-10(14)12(11(15)5-7)9(6-16(18)19)8(2)13(17)20-3/h4-5,8-9H,6H2,1-3H3/t8?,9-/m0/s1. The lowest BCUT2D eigenvalue weighted by Gasteiger charge is -2.20. The molecule has 1 aromatic carbocycles. The minimum atomic E-state index is -1.22. The number of esters is 1. The van der Waals surface area contributed by atoms with E-state index in [9.17, 15) is 23.7 Å². The molecular formula is C13H15F2NO4. The molecule has 0 amide bonds. The van der Waals surface area contributed by atoms with E-state index in [0.717, 1.165) is 19.2 Å². The van der Waals surface area contributed by atoms with Crippen LogP contribution in [0.25, 0.3) is 0 Å². The predicted molar refractivity (Wildman–Crippen MR) is 66.9 cm³/mol. The average molecular weight is 287 g/mol. The number of ether oxygens (including phenoxy) is 1. The Morgan fingerprint density at radius 2 is 1.90 bits per heavy atom. The highest BCUT2D eigenvalue weighted by Gasteiger charge is 2.34. The van der Waals surface area contributed by atoms with Crippen LogP contribution in [0.5, 0.6) is 0 Å². The smallest absolute Gasteiger partial charge is 0.309 e. The Kier molecular flexibility index (Phi) is 5.12. The third-order valence-corrected chi connectivity index (χ3v) is 3.12. The molecule has 0 heterocycles. The van der Waals surface area contributed by atoms with Crippen LogP contribution in [0.2, 0.25) is 0 Å². The molecule has 0 spiro atoms. The van der Waals surface area contributed by atoms with Gasteiger partial charge in [-0.05, 0) is 24.6 Å². The van der Waals surface area contributed by atoms with Gasteiger partial charge in [0.1, 0.15) is 11.6 Å². The second-order valence-corrected chi connectivity index (χ2v) is 4.58. The third kappa shape index (κ3) is 3.49. The highest BCUT2D eigenvalue weighted by atomic mass is 19.1. The molecule has 0 radical (unpaired) electrons. The third-order valence-electron chi connectivity index (χ3n) is 3.12. The van der Waals surface area contributed by atoms with E-state index < -0.39 is 46.5 Å². The molecule has 0 aliphatic carbocycles. The summed E-state index contributed by atoms with van der Waals surface area (Å²) in [5.41, 5.74) is -0.0977. The molecule has 0 aliphatic rings. The molecule has 0 fully saturated rings. The van der Waals surface area contributed by atoms with Gasteiger partial charge >= 0.3 is 5.97 Å². The van der Waals surface area contributed by atoms with Gasteiger partial charge in [0.15, 0.2) is 0 Å². The van der Waals surface area contributed by atoms with Gasteiger partial charge in [-0.2, -0.15) is 0 Å². The number of nitrogens with zero attached hydrogens (tertiary/aromatic N) is 1. The van der Waals surface area contributed by atoms with Crippen LogP contribution in [0.1, 0.15) is 24.0 Å². The minimum Gasteiger partial charge on any atom is -0.469 e. The summed E-state index contributed by atoms with van der Waals surface area (Å²) in [6.45, 7) is 2.09. The van der Waals surface area contributed by atoms with Crippen LogP contribution in [-0.4, -0.2) is 24.5 Å². The molecule has 20 heavy (non-hydrogen) atoms. The lowest BCUT2D eigenvalue weighted by atomic mass is 9.86. The fraction of sp³-hybridized carbons (Fsp3) is 0.462. The number of hydrogen-bond acceptors (Lipinski definition) is 4. The maximum Gasteiger partial charge on any atom is 0.309 e. The van der Waals surface area contributed by atoms with E-state index in [-0.39, 0.29) is 0 Å². The van der Waals surface area contributed by atoms with E-state index in [4.69, 9.17) is 0 Å². The van der Waals surface area contributed by atoms with E-state index >= 15 is 0 Å². The van der Waals surface area contributed by atoms with Gasteiger partial charge in [0.05, 0.1) is 18.9 Å². The zero-order valence-corrected chi connectivity index (χ0v) is 11.4. The Balaban J connectivity index is 3.31. The summed E-state index contributed by atoms with van der Waals surface area (Å²) in [5.74, 6) is -4.80. The quantitative estimate of drug-likeness (QED) is 0.474. The molecule has 5 nitrogen and oxygen atoms in total. The van der Waals surface area contributed by atoms with E-state index in [0.29, 0.717) is 5.56 Å². The summed E-state index contributed by atoms with van der Waals surface area (Å²) in [7, 11) is 1.11. The number of carbonyl (C=O) groups is 1. The molecule has 110 valence electrons. The second-order valence-electron chi connectivity index (χ2n) is 4.58. The Morgan fingerprint density at radius 1 is 1.40 bits per heavy atom. The van der Waals surface area contributed by atoms with Gasteiger partial charge < -0.3 is 4.74 Å². The predicted octanol–water partition coefficient (Wildman–Crippen LogP) is 2.44. The molecule has 7 heteroatoms. The first-order chi connectivity index (χ1) is 9.27. The first-order valence-corrected chi connectivity index (χ1v) is 5.93. The number of carbonyl (C=O) groups excluding carboxylic acids is 1. The Morgan fingerprint density at radius 3 is 2.30 bits per heavy atom. The zero-order chi connectivity index (χ0) is 15.4. The number of aryl methyl sites for hydroxylation is 1. The van der Waals surface area contributed by atoms with E-state index in [2.05, 4.69) is 4.74 Å². The first kappa shape index (κ1) is 16.0. The molecule has 0 N–H and O–H groups in total. The largest absolute Gasteiger partial charge is 0.469 e. The fourth-order valence-corrected chi connectivity index (χ4v) is 2.08. The summed E-state index contributed by atoms with van der Waals surface area (Å²) in [6.07, 6.45) is 0. The molecule has 0 saturated heterocycles. The molecule has 1 aromatic rings. The number of benzene rings is 1. The number of rotatable bonds is 5. The maximum atomic E-state index is 13.9. The molecule has 1 rings (SSSR count). The van der Waals surface area contributed by atoms with Crippen LogP contribution in [-0.2, 0) is 9.53 Å². The summed E-state index contributed by atoms with van der Waals surface area (Å²) >= 11 is 0. The summed E-state index contributed by atoms with van der Waals surface area (Å²) in [5, 5.41) is 10.7. The lowest BCUT2D eigenvalue weighted by Crippen LogP contribution is -2.28. The highest BCUT2D eigenvalue weighted by Crippen LogP contribution is 2.31. The van der Waals surface area contributed by atoms with E-state index in [1.54, 1.807) is 0 Å². The van der Waals surface area contributed by atoms with E-state index in [1.807, 2.05) is 0 Å². The van der Waals surface area contributed by atoms with Gasteiger partial charge in [0.25, 0.3) is 0 Å². The number of hydrogen-bond donors (Lipinski definition) is 0. The Bertz CT molecular complexity index is 510. The van der Waals surface area contributed by atoms with Crippen LogP contribution in [0.3, 0.4) is 0 Å². The molecule has 0 aromatic heterocycles. The monoisotopic (exact) mass is 287 g/mol. The molecule has 0 saturated carbocycles. The van der Waals surface area contributed by atoms with Crippen LogP contribution in [0.4, 0.5) is 8.78 Å². The highest BCUT2D eigenvalue weighted by molar-refractivity contribution is 5.73. The summed E-state index contributed by atoms with van der Waals surface area (Å²) in [6, 6.07) is 2.16. The van der Waals surface area contributed by atoms with Gasteiger partial charge in [-0.15, -0.1) is 0 Å². The van der Waals surface area contributed by atoms with Crippen molar-refractivity contribution in [2.24, 2.45) is 5.92 Å². The van der Waals surface area contributed by atoms with Crippen molar-refractivity contribution in [3.8, 4) is 0 Å². The van der Waals surface area contributed by atoms with Crippen molar-refractivity contribution in [3.63, 3.8) is 0 Å². The number of nitro groups is 1. The SMILES string of the molecule is COC(=O)C(C)[C@H](C[N+](=O)[O-])c1c(F)cc(C)cc1F. The van der Waals surface area contributed by atoms with Crippen molar-refractivity contribution in [1.82, 2.24) is 0 Å². The average Bonchev–Trinajstić information content (AvgIpc) is 2.34. The van der Waals surface area contributed by atoms with Crippen molar-refractivity contribution < 1.29 is 23.2 Å². The van der Waals surface area contributed by atoms with Crippen molar-refractivity contribution >= 4 is 5.97 Å². The van der Waals surface area contributed by atoms with Crippen molar-refractivity contribution in [2.75, 3.05) is 13.7 Å². The molecular weight excluding hydrogens is 272 g/mol. The van der Waals surface area contributed by atoms with Crippen molar-refractivity contribution in [1.29, 1.82) is 0 Å². The molecule has 2 atom stereocenters. The zero-order valence-electron chi connectivity index (χ0n) is 11.4.